The van der Waals surface area contributed by atoms with Crippen LogP contribution in [0, 0.1) is 13.8 Å². The Morgan fingerprint density at radius 3 is 2.85 bits per heavy atom. The summed E-state index contributed by atoms with van der Waals surface area (Å²) >= 11 is 1.65. The lowest BCUT2D eigenvalue weighted by Crippen LogP contribution is -2.04. The molecule has 5 heteroatoms. The minimum atomic E-state index is 0.648. The average Bonchev–Trinajstić information content (AvgIpc) is 2.79. The van der Waals surface area contributed by atoms with Crippen molar-refractivity contribution in [3.05, 3.63) is 48.3 Å². The standard InChI is InChI=1S/C15H19N3OS/c1-4-9-18-13(3)16-17-15(18)20-11-10-19-14-8-6-5-7-12(14)2/h4-8H,1,9-11H2,2-3H3. The molecule has 2 aromatic rings. The van der Waals surface area contributed by atoms with Crippen molar-refractivity contribution in [2.45, 2.75) is 25.5 Å². The van der Waals surface area contributed by atoms with Crippen molar-refractivity contribution >= 4 is 11.8 Å². The summed E-state index contributed by atoms with van der Waals surface area (Å²) < 4.78 is 7.81. The molecule has 0 unspecified atom stereocenters. The molecule has 0 atom stereocenters. The Labute approximate surface area is 123 Å². The van der Waals surface area contributed by atoms with Crippen LogP contribution in [0.1, 0.15) is 11.4 Å². The summed E-state index contributed by atoms with van der Waals surface area (Å²) in [5, 5.41) is 9.17. The molecule has 2 rings (SSSR count). The van der Waals surface area contributed by atoms with E-state index in [-0.39, 0.29) is 0 Å². The first-order chi connectivity index (χ1) is 9.72. The van der Waals surface area contributed by atoms with Crippen LogP contribution >= 0.6 is 11.8 Å². The minimum Gasteiger partial charge on any atom is -0.492 e. The molecule has 0 aliphatic heterocycles. The molecule has 0 saturated heterocycles. The highest BCUT2D eigenvalue weighted by molar-refractivity contribution is 7.99. The van der Waals surface area contributed by atoms with Crippen LogP contribution in [-0.4, -0.2) is 27.1 Å². The van der Waals surface area contributed by atoms with Gasteiger partial charge in [0.1, 0.15) is 11.6 Å². The zero-order chi connectivity index (χ0) is 14.4. The predicted octanol–water partition coefficient (Wildman–Crippen LogP) is 3.25. The molecule has 0 fully saturated rings. The molecule has 0 spiro atoms. The van der Waals surface area contributed by atoms with Gasteiger partial charge in [-0.2, -0.15) is 0 Å². The van der Waals surface area contributed by atoms with Gasteiger partial charge in [-0.1, -0.05) is 36.0 Å². The molecule has 0 saturated carbocycles. The fourth-order valence-electron chi connectivity index (χ4n) is 1.81. The topological polar surface area (TPSA) is 39.9 Å². The number of benzene rings is 1. The van der Waals surface area contributed by atoms with Gasteiger partial charge >= 0.3 is 0 Å². The molecule has 0 aliphatic rings. The molecule has 0 radical (unpaired) electrons. The molecule has 1 aromatic heterocycles. The Hall–Kier alpha value is -1.75. The molecule has 20 heavy (non-hydrogen) atoms. The van der Waals surface area contributed by atoms with Crippen LogP contribution in [-0.2, 0) is 6.54 Å². The lowest BCUT2D eigenvalue weighted by atomic mass is 10.2. The van der Waals surface area contributed by atoms with Crippen LogP contribution in [0.25, 0.3) is 0 Å². The van der Waals surface area contributed by atoms with Crippen molar-refractivity contribution in [3.8, 4) is 5.75 Å². The highest BCUT2D eigenvalue weighted by Gasteiger charge is 2.08. The number of aromatic nitrogens is 3. The maximum Gasteiger partial charge on any atom is 0.191 e. The third kappa shape index (κ3) is 3.63. The normalized spacial score (nSPS) is 10.5. The molecule has 1 aromatic carbocycles. The number of rotatable bonds is 7. The number of nitrogens with zero attached hydrogens (tertiary/aromatic N) is 3. The van der Waals surface area contributed by atoms with E-state index in [9.17, 15) is 0 Å². The number of hydrogen-bond acceptors (Lipinski definition) is 4. The number of para-hydroxylation sites is 1. The second kappa shape index (κ2) is 7.14. The Kier molecular flexibility index (Phi) is 5.24. The summed E-state index contributed by atoms with van der Waals surface area (Å²) in [5.74, 6) is 2.69. The van der Waals surface area contributed by atoms with Crippen LogP contribution in [0.15, 0.2) is 42.1 Å². The zero-order valence-electron chi connectivity index (χ0n) is 11.9. The summed E-state index contributed by atoms with van der Waals surface area (Å²) in [4.78, 5) is 0. The van der Waals surface area contributed by atoms with E-state index >= 15 is 0 Å². The van der Waals surface area contributed by atoms with E-state index in [2.05, 4.69) is 16.8 Å². The second-order valence-electron chi connectivity index (χ2n) is 4.39. The highest BCUT2D eigenvalue weighted by Crippen LogP contribution is 2.19. The number of thioether (sulfide) groups is 1. The van der Waals surface area contributed by atoms with Crippen LogP contribution in [0.2, 0.25) is 0 Å². The summed E-state index contributed by atoms with van der Waals surface area (Å²) in [6.45, 7) is 9.13. The van der Waals surface area contributed by atoms with Crippen LogP contribution < -0.4 is 4.74 Å². The summed E-state index contributed by atoms with van der Waals surface area (Å²) in [6, 6.07) is 8.04. The molecule has 106 valence electrons. The summed E-state index contributed by atoms with van der Waals surface area (Å²) in [7, 11) is 0. The number of ether oxygens (including phenoxy) is 1. The van der Waals surface area contributed by atoms with Gasteiger partial charge in [0.2, 0.25) is 0 Å². The number of hydrogen-bond donors (Lipinski definition) is 0. The largest absolute Gasteiger partial charge is 0.492 e. The Balaban J connectivity index is 1.85. The lowest BCUT2D eigenvalue weighted by Gasteiger charge is -2.09. The van der Waals surface area contributed by atoms with Crippen molar-refractivity contribution < 1.29 is 4.74 Å². The van der Waals surface area contributed by atoms with E-state index in [0.717, 1.165) is 34.6 Å². The first-order valence-corrected chi connectivity index (χ1v) is 7.53. The minimum absolute atomic E-state index is 0.648. The first kappa shape index (κ1) is 14.7. The molecule has 1 heterocycles. The predicted molar refractivity (Wildman–Crippen MR) is 82.4 cm³/mol. The lowest BCUT2D eigenvalue weighted by molar-refractivity contribution is 0.341. The third-order valence-corrected chi connectivity index (χ3v) is 3.81. The number of allylic oxidation sites excluding steroid dienone is 1. The number of aryl methyl sites for hydroxylation is 2. The van der Waals surface area contributed by atoms with Crippen molar-refractivity contribution in [3.63, 3.8) is 0 Å². The molecule has 4 nitrogen and oxygen atoms in total. The Morgan fingerprint density at radius 1 is 1.30 bits per heavy atom. The molecule has 0 amide bonds. The van der Waals surface area contributed by atoms with E-state index in [4.69, 9.17) is 4.74 Å². The summed E-state index contributed by atoms with van der Waals surface area (Å²) in [5.41, 5.74) is 1.16. The zero-order valence-corrected chi connectivity index (χ0v) is 12.7. The van der Waals surface area contributed by atoms with Gasteiger partial charge in [0.05, 0.1) is 6.61 Å². The Bertz CT molecular complexity index is 580. The van der Waals surface area contributed by atoms with E-state index < -0.39 is 0 Å². The van der Waals surface area contributed by atoms with Gasteiger partial charge in [-0.15, -0.1) is 16.8 Å². The van der Waals surface area contributed by atoms with Crippen molar-refractivity contribution in [1.29, 1.82) is 0 Å². The molecule has 0 bridgehead atoms. The van der Waals surface area contributed by atoms with E-state index in [0.29, 0.717) is 6.61 Å². The van der Waals surface area contributed by atoms with Crippen molar-refractivity contribution in [2.24, 2.45) is 0 Å². The van der Waals surface area contributed by atoms with E-state index in [1.54, 1.807) is 11.8 Å². The van der Waals surface area contributed by atoms with Gasteiger partial charge in [-0.25, -0.2) is 0 Å². The van der Waals surface area contributed by atoms with Gasteiger partial charge in [0.25, 0.3) is 0 Å². The molecular formula is C15H19N3OS. The maximum atomic E-state index is 5.77. The second-order valence-corrected chi connectivity index (χ2v) is 5.45. The van der Waals surface area contributed by atoms with Crippen molar-refractivity contribution in [1.82, 2.24) is 14.8 Å². The fourth-order valence-corrected chi connectivity index (χ4v) is 2.62. The van der Waals surface area contributed by atoms with Crippen LogP contribution in [0.4, 0.5) is 0 Å². The van der Waals surface area contributed by atoms with Gasteiger partial charge in [0.15, 0.2) is 5.16 Å². The van der Waals surface area contributed by atoms with E-state index in [1.807, 2.05) is 48.8 Å². The maximum absolute atomic E-state index is 5.77. The van der Waals surface area contributed by atoms with Gasteiger partial charge < -0.3 is 9.30 Å². The monoisotopic (exact) mass is 289 g/mol. The molecular weight excluding hydrogens is 270 g/mol. The Morgan fingerprint density at radius 2 is 2.10 bits per heavy atom. The smallest absolute Gasteiger partial charge is 0.191 e. The molecule has 0 aliphatic carbocycles. The SMILES string of the molecule is C=CCn1c(C)nnc1SCCOc1ccccc1C. The summed E-state index contributed by atoms with van der Waals surface area (Å²) in [6.07, 6.45) is 1.85. The van der Waals surface area contributed by atoms with Crippen molar-refractivity contribution in [2.75, 3.05) is 12.4 Å². The van der Waals surface area contributed by atoms with Crippen LogP contribution in [0.5, 0.6) is 5.75 Å². The average molecular weight is 289 g/mol. The highest BCUT2D eigenvalue weighted by atomic mass is 32.2. The first-order valence-electron chi connectivity index (χ1n) is 6.54. The van der Waals surface area contributed by atoms with Gasteiger partial charge in [0, 0.05) is 12.3 Å². The fraction of sp³-hybridized carbons (Fsp3) is 0.333. The van der Waals surface area contributed by atoms with Crippen LogP contribution in [0.3, 0.4) is 0 Å². The molecule has 0 N–H and O–H groups in total. The van der Waals surface area contributed by atoms with Gasteiger partial charge in [-0.3, -0.25) is 0 Å². The quantitative estimate of drug-likeness (QED) is 0.445. The van der Waals surface area contributed by atoms with E-state index in [1.165, 1.54) is 0 Å². The third-order valence-electron chi connectivity index (χ3n) is 2.88. The van der Waals surface area contributed by atoms with Gasteiger partial charge in [-0.05, 0) is 25.5 Å².